The summed E-state index contributed by atoms with van der Waals surface area (Å²) in [5.74, 6) is 0.851. The van der Waals surface area contributed by atoms with Crippen molar-refractivity contribution in [2.75, 3.05) is 31.1 Å². The van der Waals surface area contributed by atoms with Gasteiger partial charge in [0.05, 0.1) is 16.8 Å². The Morgan fingerprint density at radius 2 is 1.96 bits per heavy atom. The number of rotatable bonds is 2. The van der Waals surface area contributed by atoms with Gasteiger partial charge in [0.2, 0.25) is 0 Å². The molecule has 0 saturated carbocycles. The number of fused-ring (bicyclic) bond motifs is 1. The largest absolute Gasteiger partial charge is 0.444 e. The number of nitrogens with zero attached hydrogens (tertiary/aromatic N) is 5. The van der Waals surface area contributed by atoms with E-state index in [2.05, 4.69) is 25.7 Å². The lowest BCUT2D eigenvalue weighted by Gasteiger charge is -2.36. The molecular weight excluding hydrogens is 362 g/mol. The van der Waals surface area contributed by atoms with Gasteiger partial charge in [-0.25, -0.2) is 14.8 Å². The number of piperazine rings is 1. The molecule has 3 aromatic heterocycles. The SMILES string of the molecule is CC(C)(C)OC(=O)N1CCN(c2ncc(-c3cccs3)n3ccnc23)CC1. The molecule has 7 nitrogen and oxygen atoms in total. The molecule has 1 aliphatic heterocycles. The van der Waals surface area contributed by atoms with Crippen LogP contribution in [0.5, 0.6) is 0 Å². The van der Waals surface area contributed by atoms with Crippen molar-refractivity contribution in [1.29, 1.82) is 0 Å². The van der Waals surface area contributed by atoms with E-state index in [0.717, 1.165) is 22.0 Å². The summed E-state index contributed by atoms with van der Waals surface area (Å²) >= 11 is 1.68. The van der Waals surface area contributed by atoms with Gasteiger partial charge in [0.1, 0.15) is 5.60 Å². The van der Waals surface area contributed by atoms with Crippen LogP contribution in [0, 0.1) is 0 Å². The fourth-order valence-corrected chi connectivity index (χ4v) is 3.90. The fraction of sp³-hybridized carbons (Fsp3) is 0.421. The smallest absolute Gasteiger partial charge is 0.410 e. The van der Waals surface area contributed by atoms with Crippen LogP contribution in [0.1, 0.15) is 20.8 Å². The molecule has 1 fully saturated rings. The van der Waals surface area contributed by atoms with Crippen molar-refractivity contribution in [2.45, 2.75) is 26.4 Å². The van der Waals surface area contributed by atoms with Crippen LogP contribution in [0.15, 0.2) is 36.1 Å². The average Bonchev–Trinajstić information content (AvgIpc) is 3.31. The minimum Gasteiger partial charge on any atom is -0.444 e. The number of hydrogen-bond donors (Lipinski definition) is 0. The Morgan fingerprint density at radius 1 is 1.19 bits per heavy atom. The van der Waals surface area contributed by atoms with Crippen molar-refractivity contribution < 1.29 is 9.53 Å². The summed E-state index contributed by atoms with van der Waals surface area (Å²) in [5.41, 5.74) is 1.40. The van der Waals surface area contributed by atoms with Gasteiger partial charge in [-0.2, -0.15) is 0 Å². The van der Waals surface area contributed by atoms with Crippen LogP contribution < -0.4 is 4.90 Å². The molecule has 4 rings (SSSR count). The van der Waals surface area contributed by atoms with E-state index in [1.165, 1.54) is 0 Å². The van der Waals surface area contributed by atoms with Crippen molar-refractivity contribution in [2.24, 2.45) is 0 Å². The molecular formula is C19H23N5O2S. The molecule has 27 heavy (non-hydrogen) atoms. The van der Waals surface area contributed by atoms with E-state index >= 15 is 0 Å². The first-order valence-electron chi connectivity index (χ1n) is 9.01. The van der Waals surface area contributed by atoms with Crippen molar-refractivity contribution in [3.05, 3.63) is 36.1 Å². The van der Waals surface area contributed by atoms with Gasteiger partial charge < -0.3 is 14.5 Å². The summed E-state index contributed by atoms with van der Waals surface area (Å²) in [6, 6.07) is 4.12. The summed E-state index contributed by atoms with van der Waals surface area (Å²) in [7, 11) is 0. The van der Waals surface area contributed by atoms with E-state index in [1.54, 1.807) is 22.4 Å². The molecule has 0 atom stereocenters. The zero-order valence-electron chi connectivity index (χ0n) is 15.8. The third-order valence-corrected chi connectivity index (χ3v) is 5.31. The number of hydrogen-bond acceptors (Lipinski definition) is 6. The Balaban J connectivity index is 1.53. The fourth-order valence-electron chi connectivity index (χ4n) is 3.16. The highest BCUT2D eigenvalue weighted by Crippen LogP contribution is 2.28. The first kappa shape index (κ1) is 17.8. The van der Waals surface area contributed by atoms with Crippen LogP contribution in [-0.2, 0) is 4.74 Å². The number of aromatic nitrogens is 3. The van der Waals surface area contributed by atoms with Crippen LogP contribution in [-0.4, -0.2) is 57.1 Å². The van der Waals surface area contributed by atoms with Gasteiger partial charge in [-0.15, -0.1) is 11.3 Å². The second-order valence-electron chi connectivity index (χ2n) is 7.52. The second-order valence-corrected chi connectivity index (χ2v) is 8.47. The monoisotopic (exact) mass is 385 g/mol. The number of amides is 1. The lowest BCUT2D eigenvalue weighted by atomic mass is 10.2. The molecule has 1 amide bonds. The predicted molar refractivity (Wildman–Crippen MR) is 106 cm³/mol. The average molecular weight is 385 g/mol. The van der Waals surface area contributed by atoms with Gasteiger partial charge in [-0.3, -0.25) is 4.40 Å². The number of anilines is 1. The maximum atomic E-state index is 12.3. The van der Waals surface area contributed by atoms with E-state index < -0.39 is 5.60 Å². The molecule has 142 valence electrons. The number of imidazole rings is 1. The highest BCUT2D eigenvalue weighted by molar-refractivity contribution is 7.13. The zero-order chi connectivity index (χ0) is 19.0. The molecule has 0 aromatic carbocycles. The summed E-state index contributed by atoms with van der Waals surface area (Å²) in [6.07, 6.45) is 5.41. The molecule has 0 unspecified atom stereocenters. The molecule has 0 spiro atoms. The van der Waals surface area contributed by atoms with Crippen molar-refractivity contribution in [3.63, 3.8) is 0 Å². The van der Waals surface area contributed by atoms with Gasteiger partial charge in [0, 0.05) is 38.6 Å². The van der Waals surface area contributed by atoms with Gasteiger partial charge in [0.25, 0.3) is 0 Å². The van der Waals surface area contributed by atoms with Gasteiger partial charge in [-0.1, -0.05) is 6.07 Å². The first-order valence-corrected chi connectivity index (χ1v) is 9.89. The standard InChI is InChI=1S/C19H23N5O2S/c1-19(2,3)26-18(25)23-10-8-22(9-11-23)16-17-20-6-7-24(17)14(13-21-16)15-5-4-12-27-15/h4-7,12-13H,8-11H2,1-3H3. The van der Waals surface area contributed by atoms with E-state index in [9.17, 15) is 4.79 Å². The third kappa shape index (κ3) is 3.62. The van der Waals surface area contributed by atoms with Crippen LogP contribution in [0.2, 0.25) is 0 Å². The Kier molecular flexibility index (Phi) is 4.51. The molecule has 3 aromatic rings. The highest BCUT2D eigenvalue weighted by Gasteiger charge is 2.27. The number of thiophene rings is 1. The number of carbonyl (C=O) groups excluding carboxylic acids is 1. The maximum Gasteiger partial charge on any atom is 0.410 e. The number of ether oxygens (including phenoxy) is 1. The van der Waals surface area contributed by atoms with E-state index in [1.807, 2.05) is 39.2 Å². The molecule has 0 bridgehead atoms. The van der Waals surface area contributed by atoms with Gasteiger partial charge in [-0.05, 0) is 32.2 Å². The summed E-state index contributed by atoms with van der Waals surface area (Å²) in [4.78, 5) is 26.6. The van der Waals surface area contributed by atoms with E-state index in [-0.39, 0.29) is 6.09 Å². The molecule has 1 saturated heterocycles. The molecule has 4 heterocycles. The molecule has 0 N–H and O–H groups in total. The predicted octanol–water partition coefficient (Wildman–Crippen LogP) is 3.51. The number of carbonyl (C=O) groups is 1. The highest BCUT2D eigenvalue weighted by atomic mass is 32.1. The third-order valence-electron chi connectivity index (χ3n) is 4.41. The summed E-state index contributed by atoms with van der Waals surface area (Å²) < 4.78 is 7.55. The molecule has 0 aliphatic carbocycles. The summed E-state index contributed by atoms with van der Waals surface area (Å²) in [5, 5.41) is 2.06. The van der Waals surface area contributed by atoms with Crippen molar-refractivity contribution in [1.82, 2.24) is 19.3 Å². The Morgan fingerprint density at radius 3 is 2.63 bits per heavy atom. The minimum absolute atomic E-state index is 0.255. The lowest BCUT2D eigenvalue weighted by molar-refractivity contribution is 0.0240. The summed E-state index contributed by atoms with van der Waals surface area (Å²) in [6.45, 7) is 8.27. The normalized spacial score (nSPS) is 15.4. The van der Waals surface area contributed by atoms with Gasteiger partial charge >= 0.3 is 6.09 Å². The Labute approximate surface area is 162 Å². The van der Waals surface area contributed by atoms with Gasteiger partial charge in [0.15, 0.2) is 11.5 Å². The molecule has 1 aliphatic rings. The van der Waals surface area contributed by atoms with E-state index in [0.29, 0.717) is 26.2 Å². The van der Waals surface area contributed by atoms with Crippen LogP contribution in [0.3, 0.4) is 0 Å². The molecule has 8 heteroatoms. The molecule has 0 radical (unpaired) electrons. The van der Waals surface area contributed by atoms with Crippen molar-refractivity contribution >= 4 is 28.9 Å². The quantitative estimate of drug-likeness (QED) is 0.675. The minimum atomic E-state index is -0.477. The topological polar surface area (TPSA) is 63.0 Å². The zero-order valence-corrected chi connectivity index (χ0v) is 16.6. The van der Waals surface area contributed by atoms with Crippen LogP contribution in [0.25, 0.3) is 16.2 Å². The van der Waals surface area contributed by atoms with E-state index in [4.69, 9.17) is 9.72 Å². The maximum absolute atomic E-state index is 12.3. The van der Waals surface area contributed by atoms with Crippen molar-refractivity contribution in [3.8, 4) is 10.6 Å². The first-order chi connectivity index (χ1) is 12.9. The Bertz CT molecular complexity index is 937. The lowest BCUT2D eigenvalue weighted by Crippen LogP contribution is -2.50. The van der Waals surface area contributed by atoms with Crippen LogP contribution >= 0.6 is 11.3 Å². The van der Waals surface area contributed by atoms with Crippen LogP contribution in [0.4, 0.5) is 10.6 Å². The second kappa shape index (κ2) is 6.84. The Hall–Kier alpha value is -2.61.